The number of hydrogen-bond acceptors (Lipinski definition) is 3. The van der Waals surface area contributed by atoms with Crippen LogP contribution < -0.4 is 0 Å². The summed E-state index contributed by atoms with van der Waals surface area (Å²) in [5, 5.41) is 4.23. The largest absolute Gasteiger partial charge is 0.300 e. The van der Waals surface area contributed by atoms with Gasteiger partial charge in [0.25, 0.3) is 0 Å². The zero-order valence-corrected chi connectivity index (χ0v) is 11.2. The maximum absolute atomic E-state index is 12.4. The van der Waals surface area contributed by atoms with Crippen LogP contribution in [0, 0.1) is 5.92 Å². The number of rotatable bonds is 3. The van der Waals surface area contributed by atoms with Crippen LogP contribution >= 0.6 is 0 Å². The highest BCUT2D eigenvalue weighted by atomic mass is 16.1. The van der Waals surface area contributed by atoms with Gasteiger partial charge >= 0.3 is 0 Å². The Labute approximate surface area is 117 Å². The fraction of sp³-hybridized carbons (Fsp3) is 0.312. The molecule has 4 nitrogen and oxygen atoms in total. The van der Waals surface area contributed by atoms with E-state index in [1.54, 1.807) is 17.1 Å². The van der Waals surface area contributed by atoms with Crippen LogP contribution in [0.5, 0.6) is 0 Å². The number of carbonyl (C=O) groups excluding carboxylic acids is 2. The molecule has 1 saturated carbocycles. The number of carbonyl (C=O) groups is 2. The van der Waals surface area contributed by atoms with Crippen molar-refractivity contribution in [3.05, 3.63) is 48.3 Å². The Morgan fingerprint density at radius 1 is 1.25 bits per heavy atom. The maximum Gasteiger partial charge on any atom is 0.169 e. The number of aromatic nitrogens is 2. The average Bonchev–Trinajstić information content (AvgIpc) is 2.97. The molecule has 1 fully saturated rings. The third kappa shape index (κ3) is 2.54. The Morgan fingerprint density at radius 2 is 2.05 bits per heavy atom. The highest BCUT2D eigenvalue weighted by Gasteiger charge is 2.27. The lowest BCUT2D eigenvalue weighted by Crippen LogP contribution is -2.22. The summed E-state index contributed by atoms with van der Waals surface area (Å²) >= 11 is 0. The summed E-state index contributed by atoms with van der Waals surface area (Å²) in [6.07, 6.45) is 5.97. The standard InChI is InChI=1S/C16H16N2O2/c19-15-8-4-5-12(9-15)16(20)13-10-17-18(11-13)14-6-2-1-3-7-14/h1-3,6-7,10-12H,4-5,8-9H2. The first-order valence-electron chi connectivity index (χ1n) is 6.90. The van der Waals surface area contributed by atoms with E-state index in [9.17, 15) is 9.59 Å². The molecule has 0 saturated heterocycles. The Kier molecular flexibility index (Phi) is 3.46. The van der Waals surface area contributed by atoms with Crippen LogP contribution in [0.2, 0.25) is 0 Å². The minimum Gasteiger partial charge on any atom is -0.300 e. The van der Waals surface area contributed by atoms with Crippen molar-refractivity contribution in [2.75, 3.05) is 0 Å². The molecular weight excluding hydrogens is 252 g/mol. The van der Waals surface area contributed by atoms with Gasteiger partial charge in [-0.1, -0.05) is 18.2 Å². The zero-order valence-electron chi connectivity index (χ0n) is 11.2. The average molecular weight is 268 g/mol. The minimum atomic E-state index is -0.162. The van der Waals surface area contributed by atoms with Gasteiger partial charge in [0.05, 0.1) is 17.4 Å². The molecule has 0 N–H and O–H groups in total. The molecule has 1 heterocycles. The lowest BCUT2D eigenvalue weighted by Gasteiger charge is -2.18. The second-order valence-corrected chi connectivity index (χ2v) is 5.21. The van der Waals surface area contributed by atoms with Crippen molar-refractivity contribution in [1.82, 2.24) is 9.78 Å². The van der Waals surface area contributed by atoms with Crippen LogP contribution in [0.3, 0.4) is 0 Å². The molecule has 20 heavy (non-hydrogen) atoms. The Balaban J connectivity index is 1.80. The Bertz CT molecular complexity index is 631. The SMILES string of the molecule is O=C1CCCC(C(=O)c2cnn(-c3ccccc3)c2)C1. The molecule has 1 aromatic heterocycles. The van der Waals surface area contributed by atoms with Crippen molar-refractivity contribution in [3.8, 4) is 5.69 Å². The lowest BCUT2D eigenvalue weighted by molar-refractivity contribution is -0.121. The summed E-state index contributed by atoms with van der Waals surface area (Å²) in [4.78, 5) is 23.8. The van der Waals surface area contributed by atoms with Crippen molar-refractivity contribution in [3.63, 3.8) is 0 Å². The molecule has 0 aliphatic heterocycles. The van der Waals surface area contributed by atoms with Gasteiger partial charge in [0, 0.05) is 25.0 Å². The first-order chi connectivity index (χ1) is 9.74. The minimum absolute atomic E-state index is 0.0419. The van der Waals surface area contributed by atoms with Gasteiger partial charge in [0.2, 0.25) is 0 Å². The highest BCUT2D eigenvalue weighted by Crippen LogP contribution is 2.25. The molecule has 2 aromatic rings. The number of Topliss-reactive ketones (excluding diaryl/α,β-unsaturated/α-hetero) is 2. The number of ketones is 2. The van der Waals surface area contributed by atoms with E-state index in [1.165, 1.54) is 0 Å². The van der Waals surface area contributed by atoms with E-state index >= 15 is 0 Å². The molecule has 1 aliphatic rings. The van der Waals surface area contributed by atoms with E-state index in [-0.39, 0.29) is 17.5 Å². The number of hydrogen-bond donors (Lipinski definition) is 0. The second-order valence-electron chi connectivity index (χ2n) is 5.21. The molecule has 0 amide bonds. The van der Waals surface area contributed by atoms with Crippen molar-refractivity contribution in [2.24, 2.45) is 5.92 Å². The molecular formula is C16H16N2O2. The second kappa shape index (κ2) is 5.41. The van der Waals surface area contributed by atoms with E-state index in [0.29, 0.717) is 18.4 Å². The molecule has 0 bridgehead atoms. The summed E-state index contributed by atoms with van der Waals surface area (Å²) in [7, 11) is 0. The molecule has 0 spiro atoms. The molecule has 0 radical (unpaired) electrons. The van der Waals surface area contributed by atoms with Gasteiger partial charge in [-0.3, -0.25) is 9.59 Å². The van der Waals surface area contributed by atoms with Crippen LogP contribution in [-0.2, 0) is 4.79 Å². The van der Waals surface area contributed by atoms with Crippen molar-refractivity contribution >= 4 is 11.6 Å². The number of para-hydroxylation sites is 1. The smallest absolute Gasteiger partial charge is 0.169 e. The predicted octanol–water partition coefficient (Wildman–Crippen LogP) is 2.81. The molecule has 1 atom stereocenters. The zero-order chi connectivity index (χ0) is 13.9. The molecule has 1 unspecified atom stereocenters. The van der Waals surface area contributed by atoms with Gasteiger partial charge in [-0.15, -0.1) is 0 Å². The number of benzene rings is 1. The lowest BCUT2D eigenvalue weighted by atomic mass is 9.84. The Morgan fingerprint density at radius 3 is 2.80 bits per heavy atom. The van der Waals surface area contributed by atoms with Gasteiger partial charge in [-0.25, -0.2) is 4.68 Å². The first kappa shape index (κ1) is 12.8. The molecule has 1 aliphatic carbocycles. The molecule has 3 rings (SSSR count). The summed E-state index contributed by atoms with van der Waals surface area (Å²) in [6.45, 7) is 0. The predicted molar refractivity (Wildman–Crippen MR) is 74.9 cm³/mol. The van der Waals surface area contributed by atoms with Gasteiger partial charge < -0.3 is 0 Å². The van der Waals surface area contributed by atoms with Gasteiger partial charge in [-0.05, 0) is 25.0 Å². The molecule has 1 aromatic carbocycles. The monoisotopic (exact) mass is 268 g/mol. The molecule has 102 valence electrons. The van der Waals surface area contributed by atoms with E-state index in [1.807, 2.05) is 30.3 Å². The van der Waals surface area contributed by atoms with Gasteiger partial charge in [0.1, 0.15) is 5.78 Å². The van der Waals surface area contributed by atoms with Crippen LogP contribution in [0.4, 0.5) is 0 Å². The van der Waals surface area contributed by atoms with Crippen LogP contribution in [0.25, 0.3) is 5.69 Å². The molecule has 4 heteroatoms. The fourth-order valence-corrected chi connectivity index (χ4v) is 2.66. The third-order valence-corrected chi connectivity index (χ3v) is 3.74. The highest BCUT2D eigenvalue weighted by molar-refractivity contribution is 6.00. The number of nitrogens with zero attached hydrogens (tertiary/aromatic N) is 2. The first-order valence-corrected chi connectivity index (χ1v) is 6.90. The van der Waals surface area contributed by atoms with E-state index < -0.39 is 0 Å². The van der Waals surface area contributed by atoms with E-state index in [0.717, 1.165) is 18.5 Å². The van der Waals surface area contributed by atoms with Gasteiger partial charge in [-0.2, -0.15) is 5.10 Å². The van der Waals surface area contributed by atoms with Crippen molar-refractivity contribution in [2.45, 2.75) is 25.7 Å². The van der Waals surface area contributed by atoms with Crippen LogP contribution in [-0.4, -0.2) is 21.3 Å². The third-order valence-electron chi connectivity index (χ3n) is 3.74. The summed E-state index contributed by atoms with van der Waals surface area (Å²) in [5.74, 6) is 0.0787. The summed E-state index contributed by atoms with van der Waals surface area (Å²) < 4.78 is 1.69. The summed E-state index contributed by atoms with van der Waals surface area (Å²) in [5.41, 5.74) is 1.51. The maximum atomic E-state index is 12.4. The normalized spacial score (nSPS) is 19.0. The summed E-state index contributed by atoms with van der Waals surface area (Å²) in [6, 6.07) is 9.67. The Hall–Kier alpha value is -2.23. The quantitative estimate of drug-likeness (QED) is 0.804. The van der Waals surface area contributed by atoms with Crippen molar-refractivity contribution in [1.29, 1.82) is 0 Å². The van der Waals surface area contributed by atoms with Crippen molar-refractivity contribution < 1.29 is 9.59 Å². The van der Waals surface area contributed by atoms with E-state index in [2.05, 4.69) is 5.10 Å². The van der Waals surface area contributed by atoms with Crippen LogP contribution in [0.1, 0.15) is 36.0 Å². The van der Waals surface area contributed by atoms with Crippen LogP contribution in [0.15, 0.2) is 42.7 Å². The van der Waals surface area contributed by atoms with E-state index in [4.69, 9.17) is 0 Å². The fourth-order valence-electron chi connectivity index (χ4n) is 2.66. The topological polar surface area (TPSA) is 52.0 Å². The van der Waals surface area contributed by atoms with Gasteiger partial charge in [0.15, 0.2) is 5.78 Å².